The molecule has 0 aliphatic carbocycles. The van der Waals surface area contributed by atoms with E-state index in [2.05, 4.69) is 15.6 Å². The molecule has 0 bridgehead atoms. The SMILES string of the molecule is CC(C)CNC(=O)c1nc(C(=O)NC(C)(C)C)c2n1CCCC2. The van der Waals surface area contributed by atoms with Gasteiger partial charge in [0.1, 0.15) is 5.69 Å². The first-order chi connectivity index (χ1) is 10.7. The van der Waals surface area contributed by atoms with Crippen LogP contribution in [0.4, 0.5) is 0 Å². The van der Waals surface area contributed by atoms with Gasteiger partial charge in [0.25, 0.3) is 11.8 Å². The Labute approximate surface area is 138 Å². The predicted molar refractivity (Wildman–Crippen MR) is 89.6 cm³/mol. The van der Waals surface area contributed by atoms with Crippen molar-refractivity contribution >= 4 is 11.8 Å². The van der Waals surface area contributed by atoms with E-state index in [9.17, 15) is 9.59 Å². The molecule has 0 unspecified atom stereocenters. The van der Waals surface area contributed by atoms with Crippen molar-refractivity contribution < 1.29 is 9.59 Å². The molecule has 6 nitrogen and oxygen atoms in total. The van der Waals surface area contributed by atoms with Crippen LogP contribution in [0.5, 0.6) is 0 Å². The van der Waals surface area contributed by atoms with Gasteiger partial charge >= 0.3 is 0 Å². The predicted octanol–water partition coefficient (Wildman–Crippen LogP) is 2.13. The Balaban J connectivity index is 2.30. The van der Waals surface area contributed by atoms with Gasteiger partial charge in [0.05, 0.1) is 5.69 Å². The van der Waals surface area contributed by atoms with Crippen LogP contribution in [0.2, 0.25) is 0 Å². The quantitative estimate of drug-likeness (QED) is 0.892. The van der Waals surface area contributed by atoms with Crippen molar-refractivity contribution in [1.82, 2.24) is 20.2 Å². The molecule has 0 radical (unpaired) electrons. The molecule has 0 fully saturated rings. The summed E-state index contributed by atoms with van der Waals surface area (Å²) in [7, 11) is 0. The summed E-state index contributed by atoms with van der Waals surface area (Å²) in [6.07, 6.45) is 2.82. The number of fused-ring (bicyclic) bond motifs is 1. The van der Waals surface area contributed by atoms with Crippen LogP contribution in [0.1, 0.15) is 74.3 Å². The smallest absolute Gasteiger partial charge is 0.287 e. The first-order valence-electron chi connectivity index (χ1n) is 8.39. The molecule has 0 atom stereocenters. The molecule has 1 aromatic heterocycles. The number of hydrogen-bond donors (Lipinski definition) is 2. The van der Waals surface area contributed by atoms with E-state index in [1.165, 1.54) is 0 Å². The van der Waals surface area contributed by atoms with Crippen LogP contribution < -0.4 is 10.6 Å². The van der Waals surface area contributed by atoms with Crippen LogP contribution >= 0.6 is 0 Å². The second kappa shape index (κ2) is 6.72. The molecule has 23 heavy (non-hydrogen) atoms. The summed E-state index contributed by atoms with van der Waals surface area (Å²) in [4.78, 5) is 29.3. The maximum Gasteiger partial charge on any atom is 0.287 e. The highest BCUT2D eigenvalue weighted by molar-refractivity contribution is 5.97. The summed E-state index contributed by atoms with van der Waals surface area (Å²) in [6, 6.07) is 0. The summed E-state index contributed by atoms with van der Waals surface area (Å²) < 4.78 is 1.91. The molecule has 2 amide bonds. The number of hydrogen-bond acceptors (Lipinski definition) is 3. The van der Waals surface area contributed by atoms with Gasteiger partial charge < -0.3 is 15.2 Å². The topological polar surface area (TPSA) is 76.0 Å². The van der Waals surface area contributed by atoms with E-state index >= 15 is 0 Å². The average Bonchev–Trinajstić information content (AvgIpc) is 2.82. The number of nitrogens with one attached hydrogen (secondary N) is 2. The highest BCUT2D eigenvalue weighted by atomic mass is 16.2. The van der Waals surface area contributed by atoms with Crippen molar-refractivity contribution in [2.24, 2.45) is 5.92 Å². The number of carbonyl (C=O) groups excluding carboxylic acids is 2. The molecular formula is C17H28N4O2. The van der Waals surface area contributed by atoms with Crippen LogP contribution in [-0.4, -0.2) is 33.4 Å². The van der Waals surface area contributed by atoms with Crippen molar-refractivity contribution in [3.8, 4) is 0 Å². The molecule has 2 rings (SSSR count). The normalized spacial score (nSPS) is 14.5. The van der Waals surface area contributed by atoms with Crippen molar-refractivity contribution in [3.05, 3.63) is 17.2 Å². The zero-order chi connectivity index (χ0) is 17.2. The maximum atomic E-state index is 12.5. The lowest BCUT2D eigenvalue weighted by molar-refractivity contribution is 0.0913. The third-order valence-electron chi connectivity index (χ3n) is 3.70. The van der Waals surface area contributed by atoms with E-state index in [4.69, 9.17) is 0 Å². The third-order valence-corrected chi connectivity index (χ3v) is 3.70. The number of nitrogens with zero attached hydrogens (tertiary/aromatic N) is 2. The number of carbonyl (C=O) groups is 2. The molecule has 1 aliphatic rings. The number of amides is 2. The van der Waals surface area contributed by atoms with Crippen LogP contribution in [0.25, 0.3) is 0 Å². The summed E-state index contributed by atoms with van der Waals surface area (Å²) in [6.45, 7) is 11.2. The average molecular weight is 320 g/mol. The molecule has 1 aliphatic heterocycles. The lowest BCUT2D eigenvalue weighted by Gasteiger charge is -2.21. The van der Waals surface area contributed by atoms with Gasteiger partial charge in [-0.15, -0.1) is 0 Å². The molecule has 0 aromatic carbocycles. The second-order valence-electron chi connectivity index (χ2n) is 7.65. The zero-order valence-electron chi connectivity index (χ0n) is 14.8. The van der Waals surface area contributed by atoms with Crippen molar-refractivity contribution in [1.29, 1.82) is 0 Å². The number of imidazole rings is 1. The van der Waals surface area contributed by atoms with Crippen LogP contribution in [-0.2, 0) is 13.0 Å². The van der Waals surface area contributed by atoms with Crippen molar-refractivity contribution in [2.45, 2.75) is 66.0 Å². The van der Waals surface area contributed by atoms with Gasteiger partial charge in [-0.2, -0.15) is 0 Å². The van der Waals surface area contributed by atoms with E-state index in [0.717, 1.165) is 31.5 Å². The Morgan fingerprint density at radius 2 is 1.91 bits per heavy atom. The largest absolute Gasteiger partial charge is 0.349 e. The number of aromatic nitrogens is 2. The number of rotatable bonds is 4. The monoisotopic (exact) mass is 320 g/mol. The van der Waals surface area contributed by atoms with E-state index in [1.54, 1.807) is 0 Å². The van der Waals surface area contributed by atoms with Crippen LogP contribution in [0.3, 0.4) is 0 Å². The van der Waals surface area contributed by atoms with Gasteiger partial charge in [-0.05, 0) is 46.0 Å². The fourth-order valence-corrected chi connectivity index (χ4v) is 2.67. The molecular weight excluding hydrogens is 292 g/mol. The molecule has 128 valence electrons. The lowest BCUT2D eigenvalue weighted by atomic mass is 10.1. The van der Waals surface area contributed by atoms with E-state index in [1.807, 2.05) is 39.2 Å². The molecule has 0 spiro atoms. The molecule has 6 heteroatoms. The van der Waals surface area contributed by atoms with Gasteiger partial charge in [-0.3, -0.25) is 9.59 Å². The van der Waals surface area contributed by atoms with E-state index < -0.39 is 0 Å². The molecule has 2 heterocycles. The van der Waals surface area contributed by atoms with Crippen molar-refractivity contribution in [2.75, 3.05) is 6.54 Å². The van der Waals surface area contributed by atoms with Gasteiger partial charge in [-0.25, -0.2) is 4.98 Å². The summed E-state index contributed by atoms with van der Waals surface area (Å²) in [5.41, 5.74) is 0.949. The van der Waals surface area contributed by atoms with Crippen molar-refractivity contribution in [3.63, 3.8) is 0 Å². The molecule has 2 N–H and O–H groups in total. The van der Waals surface area contributed by atoms with Crippen LogP contribution in [0, 0.1) is 5.92 Å². The molecule has 1 aromatic rings. The summed E-state index contributed by atoms with van der Waals surface area (Å²) in [5, 5.41) is 5.84. The fraction of sp³-hybridized carbons (Fsp3) is 0.706. The van der Waals surface area contributed by atoms with Crippen LogP contribution in [0.15, 0.2) is 0 Å². The minimum absolute atomic E-state index is 0.198. The van der Waals surface area contributed by atoms with Gasteiger partial charge in [0.15, 0.2) is 5.82 Å². The second-order valence-corrected chi connectivity index (χ2v) is 7.65. The Morgan fingerprint density at radius 3 is 2.52 bits per heavy atom. The summed E-state index contributed by atoms with van der Waals surface area (Å²) in [5.74, 6) is 0.334. The highest BCUT2D eigenvalue weighted by Crippen LogP contribution is 2.21. The first kappa shape index (κ1) is 17.5. The third kappa shape index (κ3) is 4.33. The minimum Gasteiger partial charge on any atom is -0.349 e. The zero-order valence-corrected chi connectivity index (χ0v) is 14.8. The Kier molecular flexibility index (Phi) is 5.12. The first-order valence-corrected chi connectivity index (χ1v) is 8.39. The minimum atomic E-state index is -0.331. The lowest BCUT2D eigenvalue weighted by Crippen LogP contribution is -2.41. The molecule has 0 saturated heterocycles. The van der Waals surface area contributed by atoms with E-state index in [-0.39, 0.29) is 17.4 Å². The van der Waals surface area contributed by atoms with Gasteiger partial charge in [-0.1, -0.05) is 13.8 Å². The van der Waals surface area contributed by atoms with Gasteiger partial charge in [0.2, 0.25) is 0 Å². The van der Waals surface area contributed by atoms with Gasteiger partial charge in [0, 0.05) is 18.6 Å². The highest BCUT2D eigenvalue weighted by Gasteiger charge is 2.28. The standard InChI is InChI=1S/C17H28N4O2/c1-11(2)10-18-16(23)14-19-13(15(22)20-17(3,4)5)12-8-6-7-9-21(12)14/h11H,6-10H2,1-5H3,(H,18,23)(H,20,22). The fourth-order valence-electron chi connectivity index (χ4n) is 2.67. The van der Waals surface area contributed by atoms with E-state index in [0.29, 0.717) is 24.0 Å². The molecule has 0 saturated carbocycles. The Bertz CT molecular complexity index is 596. The Hall–Kier alpha value is -1.85. The summed E-state index contributed by atoms with van der Waals surface area (Å²) >= 11 is 0. The Morgan fingerprint density at radius 1 is 1.22 bits per heavy atom. The maximum absolute atomic E-state index is 12.5.